The molecule has 0 heterocycles. The van der Waals surface area contributed by atoms with Crippen molar-refractivity contribution in [2.45, 2.75) is 62.5 Å². The maximum absolute atomic E-state index is 8.90. The van der Waals surface area contributed by atoms with Gasteiger partial charge >= 0.3 is 0 Å². The summed E-state index contributed by atoms with van der Waals surface area (Å²) in [5.41, 5.74) is 0. The summed E-state index contributed by atoms with van der Waals surface area (Å²) in [6.07, 6.45) is 10.5. The van der Waals surface area contributed by atoms with Gasteiger partial charge in [-0.2, -0.15) is 0 Å². The van der Waals surface area contributed by atoms with Crippen LogP contribution in [0.4, 0.5) is 0 Å². The standard InChI is InChI=1S/C12H27NOS2/c1-2-3-4-5-6-7-8-9-10-13-12(15,16)11-14/h13-16H,2-11H2,1H3. The first-order chi connectivity index (χ1) is 7.62. The van der Waals surface area contributed by atoms with Crippen LogP contribution in [-0.2, 0) is 0 Å². The van der Waals surface area contributed by atoms with Crippen LogP contribution >= 0.6 is 25.3 Å². The third-order valence-corrected chi connectivity index (χ3v) is 3.26. The van der Waals surface area contributed by atoms with Gasteiger partial charge in [0.15, 0.2) is 0 Å². The van der Waals surface area contributed by atoms with Crippen LogP contribution in [0, 0.1) is 0 Å². The highest BCUT2D eigenvalue weighted by atomic mass is 32.2. The van der Waals surface area contributed by atoms with E-state index in [1.165, 1.54) is 44.9 Å². The minimum Gasteiger partial charge on any atom is -0.393 e. The third-order valence-electron chi connectivity index (χ3n) is 2.66. The van der Waals surface area contributed by atoms with Gasteiger partial charge in [-0.1, -0.05) is 51.9 Å². The summed E-state index contributed by atoms with van der Waals surface area (Å²) in [4.78, 5) is 0. The monoisotopic (exact) mass is 265 g/mol. The first kappa shape index (κ1) is 16.6. The third kappa shape index (κ3) is 11.1. The molecule has 0 aliphatic rings. The zero-order valence-electron chi connectivity index (χ0n) is 10.4. The molecule has 0 spiro atoms. The Morgan fingerprint density at radius 3 is 1.94 bits per heavy atom. The van der Waals surface area contributed by atoms with E-state index in [-0.39, 0.29) is 6.61 Å². The highest BCUT2D eigenvalue weighted by molar-refractivity contribution is 8.00. The Morgan fingerprint density at radius 2 is 1.44 bits per heavy atom. The van der Waals surface area contributed by atoms with Crippen LogP contribution in [0.3, 0.4) is 0 Å². The van der Waals surface area contributed by atoms with Crippen molar-refractivity contribution in [3.8, 4) is 0 Å². The Hall–Kier alpha value is 0.620. The molecule has 0 fully saturated rings. The number of nitrogens with one attached hydrogen (secondary N) is 1. The topological polar surface area (TPSA) is 32.3 Å². The molecule has 98 valence electrons. The lowest BCUT2D eigenvalue weighted by Gasteiger charge is -2.21. The van der Waals surface area contributed by atoms with Crippen molar-refractivity contribution in [1.82, 2.24) is 5.32 Å². The van der Waals surface area contributed by atoms with Crippen LogP contribution in [0.15, 0.2) is 0 Å². The van der Waals surface area contributed by atoms with Gasteiger partial charge in [-0.05, 0) is 13.0 Å². The van der Waals surface area contributed by atoms with Crippen LogP contribution in [-0.4, -0.2) is 22.5 Å². The molecule has 0 aromatic rings. The first-order valence-electron chi connectivity index (χ1n) is 6.43. The summed E-state index contributed by atoms with van der Waals surface area (Å²) in [5.74, 6) is 0. The SMILES string of the molecule is CCCCCCCCCCNC(S)(S)CO. The molecule has 0 saturated carbocycles. The van der Waals surface area contributed by atoms with Crippen molar-refractivity contribution in [3.05, 3.63) is 0 Å². The summed E-state index contributed by atoms with van der Waals surface area (Å²) in [6.45, 7) is 3.06. The van der Waals surface area contributed by atoms with E-state index in [0.717, 1.165) is 13.0 Å². The molecule has 0 amide bonds. The molecule has 0 unspecified atom stereocenters. The van der Waals surface area contributed by atoms with Crippen molar-refractivity contribution >= 4 is 25.3 Å². The smallest absolute Gasteiger partial charge is 0.129 e. The molecule has 0 aliphatic carbocycles. The average molecular weight is 265 g/mol. The molecule has 2 nitrogen and oxygen atoms in total. The van der Waals surface area contributed by atoms with Gasteiger partial charge in [0.25, 0.3) is 0 Å². The summed E-state index contributed by atoms with van der Waals surface area (Å²) in [7, 11) is 0. The second kappa shape index (κ2) is 10.8. The van der Waals surface area contributed by atoms with Gasteiger partial charge in [-0.25, -0.2) is 0 Å². The number of hydrogen-bond acceptors (Lipinski definition) is 4. The van der Waals surface area contributed by atoms with Crippen LogP contribution in [0.2, 0.25) is 0 Å². The van der Waals surface area contributed by atoms with Gasteiger partial charge in [-0.3, -0.25) is 5.32 Å². The molecule has 0 radical (unpaired) electrons. The molecule has 0 saturated heterocycles. The molecule has 4 heteroatoms. The second-order valence-corrected chi connectivity index (χ2v) is 6.26. The molecule has 2 N–H and O–H groups in total. The van der Waals surface area contributed by atoms with Crippen LogP contribution in [0.1, 0.15) is 58.3 Å². The number of unbranched alkanes of at least 4 members (excludes halogenated alkanes) is 7. The fourth-order valence-electron chi connectivity index (χ4n) is 1.60. The Labute approximate surface area is 111 Å². The quantitative estimate of drug-likeness (QED) is 0.263. The predicted octanol–water partition coefficient (Wildman–Crippen LogP) is 3.22. The Kier molecular flexibility index (Phi) is 11.2. The molecule has 0 rings (SSSR count). The van der Waals surface area contributed by atoms with E-state index < -0.39 is 4.20 Å². The van der Waals surface area contributed by atoms with Crippen molar-refractivity contribution in [2.75, 3.05) is 13.2 Å². The van der Waals surface area contributed by atoms with E-state index in [9.17, 15) is 0 Å². The largest absolute Gasteiger partial charge is 0.393 e. The minimum atomic E-state index is -0.721. The highest BCUT2D eigenvalue weighted by Crippen LogP contribution is 2.14. The summed E-state index contributed by atoms with van der Waals surface area (Å²) >= 11 is 8.34. The van der Waals surface area contributed by atoms with Gasteiger partial charge in [0.1, 0.15) is 4.20 Å². The van der Waals surface area contributed by atoms with Gasteiger partial charge in [0.05, 0.1) is 6.61 Å². The molecular weight excluding hydrogens is 238 g/mol. The van der Waals surface area contributed by atoms with Gasteiger partial charge in [0.2, 0.25) is 0 Å². The fourth-order valence-corrected chi connectivity index (χ4v) is 1.83. The molecule has 0 aromatic heterocycles. The highest BCUT2D eigenvalue weighted by Gasteiger charge is 2.16. The Morgan fingerprint density at radius 1 is 0.938 bits per heavy atom. The molecule has 16 heavy (non-hydrogen) atoms. The Balaban J connectivity index is 3.10. The van der Waals surface area contributed by atoms with Gasteiger partial charge < -0.3 is 5.11 Å². The van der Waals surface area contributed by atoms with Gasteiger partial charge in [0, 0.05) is 0 Å². The van der Waals surface area contributed by atoms with Crippen molar-refractivity contribution in [3.63, 3.8) is 0 Å². The lowest BCUT2D eigenvalue weighted by atomic mass is 10.1. The number of hydrogen-bond donors (Lipinski definition) is 4. The van der Waals surface area contributed by atoms with Crippen LogP contribution in [0.5, 0.6) is 0 Å². The van der Waals surface area contributed by atoms with Gasteiger partial charge in [-0.15, -0.1) is 25.3 Å². The molecular formula is C12H27NOS2. The van der Waals surface area contributed by atoms with Crippen LogP contribution < -0.4 is 5.32 Å². The maximum Gasteiger partial charge on any atom is 0.129 e. The molecule has 0 bridgehead atoms. The number of thiol groups is 2. The minimum absolute atomic E-state index is 0.0593. The molecule has 0 aliphatic heterocycles. The zero-order valence-corrected chi connectivity index (χ0v) is 12.2. The van der Waals surface area contributed by atoms with E-state index in [1.807, 2.05) is 0 Å². The Bertz CT molecular complexity index is 154. The zero-order chi connectivity index (χ0) is 12.3. The number of aliphatic hydroxyl groups is 1. The fraction of sp³-hybridized carbons (Fsp3) is 1.00. The van der Waals surface area contributed by atoms with Crippen molar-refractivity contribution in [2.24, 2.45) is 0 Å². The lowest BCUT2D eigenvalue weighted by Crippen LogP contribution is -2.38. The van der Waals surface area contributed by atoms with Crippen molar-refractivity contribution in [1.29, 1.82) is 0 Å². The van der Waals surface area contributed by atoms with E-state index in [1.54, 1.807) is 0 Å². The van der Waals surface area contributed by atoms with E-state index in [0.29, 0.717) is 0 Å². The summed E-state index contributed by atoms with van der Waals surface area (Å²) in [6, 6.07) is 0. The van der Waals surface area contributed by atoms with E-state index in [2.05, 4.69) is 37.5 Å². The number of rotatable bonds is 11. The summed E-state index contributed by atoms with van der Waals surface area (Å²) in [5, 5.41) is 12.0. The summed E-state index contributed by atoms with van der Waals surface area (Å²) < 4.78 is -0.721. The van der Waals surface area contributed by atoms with Crippen molar-refractivity contribution < 1.29 is 5.11 Å². The number of aliphatic hydroxyl groups excluding tert-OH is 1. The molecule has 0 atom stereocenters. The van der Waals surface area contributed by atoms with Crippen LogP contribution in [0.25, 0.3) is 0 Å². The predicted molar refractivity (Wildman–Crippen MR) is 78.4 cm³/mol. The van der Waals surface area contributed by atoms with E-state index in [4.69, 9.17) is 5.11 Å². The second-order valence-electron chi connectivity index (χ2n) is 4.38. The lowest BCUT2D eigenvalue weighted by molar-refractivity contribution is 0.269. The normalized spacial score (nSPS) is 12.0. The average Bonchev–Trinajstić information content (AvgIpc) is 2.27. The first-order valence-corrected chi connectivity index (χ1v) is 7.32. The molecule has 0 aromatic carbocycles. The maximum atomic E-state index is 8.90. The van der Waals surface area contributed by atoms with E-state index >= 15 is 0 Å².